The molecule has 0 saturated carbocycles. The first-order valence-electron chi connectivity index (χ1n) is 6.30. The van der Waals surface area contributed by atoms with Crippen LogP contribution in [0.15, 0.2) is 23.8 Å². The zero-order valence-electron chi connectivity index (χ0n) is 11.4. The molecule has 2 N–H and O–H groups in total. The smallest absolute Gasteiger partial charge is 0.315 e. The van der Waals surface area contributed by atoms with Gasteiger partial charge in [-0.3, -0.25) is 0 Å². The highest BCUT2D eigenvalue weighted by Gasteiger charge is 2.04. The van der Waals surface area contributed by atoms with Gasteiger partial charge in [-0.15, -0.1) is 11.3 Å². The summed E-state index contributed by atoms with van der Waals surface area (Å²) in [6.45, 7) is 3.11. The van der Waals surface area contributed by atoms with E-state index in [9.17, 15) is 4.79 Å². The molecule has 0 fully saturated rings. The van der Waals surface area contributed by atoms with Crippen molar-refractivity contribution in [2.24, 2.45) is 0 Å². The maximum Gasteiger partial charge on any atom is 0.315 e. The average Bonchev–Trinajstić information content (AvgIpc) is 2.89. The van der Waals surface area contributed by atoms with Crippen LogP contribution in [0.3, 0.4) is 0 Å². The molecule has 8 heteroatoms. The van der Waals surface area contributed by atoms with Gasteiger partial charge in [-0.25, -0.2) is 14.8 Å². The maximum absolute atomic E-state index is 11.6. The summed E-state index contributed by atoms with van der Waals surface area (Å²) < 4.78 is 5.36. The minimum Gasteiger partial charge on any atom is -0.476 e. The summed E-state index contributed by atoms with van der Waals surface area (Å²) in [6.07, 6.45) is 1.51. The van der Waals surface area contributed by atoms with Gasteiger partial charge in [-0.2, -0.15) is 0 Å². The minimum absolute atomic E-state index is 0.240. The SMILES string of the molecule is Cc1ncsc1CNC(=O)NCCOc1ccc(Cl)cn1. The lowest BCUT2D eigenvalue weighted by Crippen LogP contribution is -2.37. The Morgan fingerprint density at radius 2 is 2.24 bits per heavy atom. The fourth-order valence-electron chi connectivity index (χ4n) is 1.49. The van der Waals surface area contributed by atoms with Gasteiger partial charge in [0.2, 0.25) is 5.88 Å². The minimum atomic E-state index is -0.240. The van der Waals surface area contributed by atoms with Crippen LogP contribution >= 0.6 is 22.9 Å². The van der Waals surface area contributed by atoms with Crippen molar-refractivity contribution < 1.29 is 9.53 Å². The molecule has 0 atom stereocenters. The Morgan fingerprint density at radius 3 is 2.90 bits per heavy atom. The van der Waals surface area contributed by atoms with E-state index >= 15 is 0 Å². The van der Waals surface area contributed by atoms with Crippen LogP contribution in [-0.2, 0) is 6.54 Å². The number of amides is 2. The molecule has 2 aromatic rings. The summed E-state index contributed by atoms with van der Waals surface area (Å²) in [5, 5.41) is 6.02. The van der Waals surface area contributed by atoms with Gasteiger partial charge in [0.25, 0.3) is 0 Å². The lowest BCUT2D eigenvalue weighted by atomic mass is 10.4. The van der Waals surface area contributed by atoms with Gasteiger partial charge in [0.1, 0.15) is 6.61 Å². The molecule has 112 valence electrons. The van der Waals surface area contributed by atoms with Crippen molar-refractivity contribution in [3.63, 3.8) is 0 Å². The molecule has 0 spiro atoms. The maximum atomic E-state index is 11.6. The number of hydrogen-bond acceptors (Lipinski definition) is 5. The van der Waals surface area contributed by atoms with E-state index in [1.165, 1.54) is 17.5 Å². The van der Waals surface area contributed by atoms with Gasteiger partial charge >= 0.3 is 6.03 Å². The highest BCUT2D eigenvalue weighted by molar-refractivity contribution is 7.09. The summed E-state index contributed by atoms with van der Waals surface area (Å²) in [5.74, 6) is 0.474. The molecule has 0 aromatic carbocycles. The second kappa shape index (κ2) is 7.80. The molecule has 2 heterocycles. The number of aromatic nitrogens is 2. The van der Waals surface area contributed by atoms with Gasteiger partial charge in [-0.1, -0.05) is 11.6 Å². The summed E-state index contributed by atoms with van der Waals surface area (Å²) in [5.41, 5.74) is 2.70. The number of nitrogens with zero attached hydrogens (tertiary/aromatic N) is 2. The Bertz CT molecular complexity index is 588. The van der Waals surface area contributed by atoms with E-state index in [0.717, 1.165) is 10.6 Å². The molecule has 0 bridgehead atoms. The predicted octanol–water partition coefficient (Wildman–Crippen LogP) is 2.38. The number of ether oxygens (including phenoxy) is 1. The van der Waals surface area contributed by atoms with E-state index in [2.05, 4.69) is 20.6 Å². The number of pyridine rings is 1. The third kappa shape index (κ3) is 5.20. The molecule has 0 radical (unpaired) electrons. The second-order valence-electron chi connectivity index (χ2n) is 4.13. The first kappa shape index (κ1) is 15.5. The number of thiazole rings is 1. The van der Waals surface area contributed by atoms with Gasteiger partial charge in [0.15, 0.2) is 0 Å². The number of urea groups is 1. The van der Waals surface area contributed by atoms with E-state index in [-0.39, 0.29) is 6.03 Å². The van der Waals surface area contributed by atoms with Crippen LogP contribution in [-0.4, -0.2) is 29.2 Å². The molecule has 0 saturated heterocycles. The quantitative estimate of drug-likeness (QED) is 0.799. The highest BCUT2D eigenvalue weighted by Crippen LogP contribution is 2.11. The number of halogens is 1. The second-order valence-corrected chi connectivity index (χ2v) is 5.51. The molecule has 0 aliphatic heterocycles. The van der Waals surface area contributed by atoms with Crippen molar-refractivity contribution in [2.75, 3.05) is 13.2 Å². The molecule has 0 aliphatic carbocycles. The van der Waals surface area contributed by atoms with Gasteiger partial charge < -0.3 is 15.4 Å². The van der Waals surface area contributed by atoms with Gasteiger partial charge in [0, 0.05) is 17.1 Å². The summed E-state index contributed by atoms with van der Waals surface area (Å²) in [4.78, 5) is 20.7. The van der Waals surface area contributed by atoms with Crippen LogP contribution in [0.5, 0.6) is 5.88 Å². The third-order valence-corrected chi connectivity index (χ3v) is 3.75. The van der Waals surface area contributed by atoms with E-state index < -0.39 is 0 Å². The Kier molecular flexibility index (Phi) is 5.77. The summed E-state index contributed by atoms with van der Waals surface area (Å²) in [6, 6.07) is 3.13. The molecular weight excluding hydrogens is 312 g/mol. The van der Waals surface area contributed by atoms with Crippen molar-refractivity contribution in [1.29, 1.82) is 0 Å². The molecular formula is C13H15ClN4O2S. The average molecular weight is 327 g/mol. The first-order chi connectivity index (χ1) is 10.1. The van der Waals surface area contributed by atoms with Crippen LogP contribution in [0.4, 0.5) is 4.79 Å². The molecule has 0 aliphatic rings. The highest BCUT2D eigenvalue weighted by atomic mass is 35.5. The van der Waals surface area contributed by atoms with Crippen molar-refractivity contribution >= 4 is 29.0 Å². The number of hydrogen-bond donors (Lipinski definition) is 2. The number of aryl methyl sites for hydroxylation is 1. The largest absolute Gasteiger partial charge is 0.476 e. The Hall–Kier alpha value is -1.86. The number of carbonyl (C=O) groups excluding carboxylic acids is 1. The molecule has 6 nitrogen and oxygen atoms in total. The van der Waals surface area contributed by atoms with Crippen molar-refractivity contribution in [3.05, 3.63) is 39.4 Å². The summed E-state index contributed by atoms with van der Waals surface area (Å²) in [7, 11) is 0. The Labute approximate surface area is 131 Å². The zero-order valence-corrected chi connectivity index (χ0v) is 13.0. The number of nitrogens with one attached hydrogen (secondary N) is 2. The Balaban J connectivity index is 1.61. The van der Waals surface area contributed by atoms with E-state index in [1.807, 2.05) is 6.92 Å². The fourth-order valence-corrected chi connectivity index (χ4v) is 2.32. The van der Waals surface area contributed by atoms with Crippen molar-refractivity contribution in [1.82, 2.24) is 20.6 Å². The van der Waals surface area contributed by atoms with Crippen LogP contribution in [0.25, 0.3) is 0 Å². The molecule has 21 heavy (non-hydrogen) atoms. The van der Waals surface area contributed by atoms with Crippen LogP contribution in [0.1, 0.15) is 10.6 Å². The zero-order chi connectivity index (χ0) is 15.1. The van der Waals surface area contributed by atoms with E-state index in [4.69, 9.17) is 16.3 Å². The lowest BCUT2D eigenvalue weighted by Gasteiger charge is -2.08. The predicted molar refractivity (Wildman–Crippen MR) is 81.8 cm³/mol. The van der Waals surface area contributed by atoms with Crippen LogP contribution in [0, 0.1) is 6.92 Å². The summed E-state index contributed by atoms with van der Waals surface area (Å²) >= 11 is 7.24. The van der Waals surface area contributed by atoms with Crippen LogP contribution < -0.4 is 15.4 Å². The van der Waals surface area contributed by atoms with Gasteiger partial charge in [-0.05, 0) is 13.0 Å². The molecule has 2 rings (SSSR count). The molecule has 2 amide bonds. The standard InChI is InChI=1S/C13H15ClN4O2S/c1-9-11(21-8-18-9)7-17-13(19)15-4-5-20-12-3-2-10(14)6-16-12/h2-3,6,8H,4-5,7H2,1H3,(H2,15,17,19). The topological polar surface area (TPSA) is 76.1 Å². The number of carbonyl (C=O) groups is 1. The number of rotatable bonds is 6. The molecule has 0 unspecified atom stereocenters. The van der Waals surface area contributed by atoms with Crippen molar-refractivity contribution in [3.8, 4) is 5.88 Å². The lowest BCUT2D eigenvalue weighted by molar-refractivity contribution is 0.235. The normalized spacial score (nSPS) is 10.2. The van der Waals surface area contributed by atoms with E-state index in [1.54, 1.807) is 17.6 Å². The fraction of sp³-hybridized carbons (Fsp3) is 0.308. The van der Waals surface area contributed by atoms with Gasteiger partial charge in [0.05, 0.1) is 29.3 Å². The molecule has 2 aromatic heterocycles. The van der Waals surface area contributed by atoms with Crippen molar-refractivity contribution in [2.45, 2.75) is 13.5 Å². The third-order valence-electron chi connectivity index (χ3n) is 2.59. The van der Waals surface area contributed by atoms with Crippen LogP contribution in [0.2, 0.25) is 5.02 Å². The first-order valence-corrected chi connectivity index (χ1v) is 7.56. The monoisotopic (exact) mass is 326 g/mol. The Morgan fingerprint density at radius 1 is 1.38 bits per heavy atom. The van der Waals surface area contributed by atoms with E-state index in [0.29, 0.717) is 30.6 Å².